The summed E-state index contributed by atoms with van der Waals surface area (Å²) in [4.78, 5) is 3.47. The summed E-state index contributed by atoms with van der Waals surface area (Å²) in [7, 11) is 0. The summed E-state index contributed by atoms with van der Waals surface area (Å²) < 4.78 is 0. The van der Waals surface area contributed by atoms with Crippen molar-refractivity contribution in [3.05, 3.63) is 41.6 Å². The maximum atomic E-state index is 4.10. The molecular formula is C24H42N2. The number of rotatable bonds is 7. The smallest absolute Gasteiger partial charge is 0.0459 e. The zero-order valence-corrected chi connectivity index (χ0v) is 18.4. The molecular weight excluding hydrogens is 316 g/mol. The molecule has 0 atom stereocenters. The Morgan fingerprint density at radius 2 is 1.62 bits per heavy atom. The quantitative estimate of drug-likeness (QED) is 0.523. The summed E-state index contributed by atoms with van der Waals surface area (Å²) in [6, 6.07) is 6.50. The van der Waals surface area contributed by atoms with Crippen LogP contribution in [-0.4, -0.2) is 11.5 Å². The van der Waals surface area contributed by atoms with Crippen molar-refractivity contribution in [3.8, 4) is 0 Å². The van der Waals surface area contributed by atoms with Crippen LogP contribution in [0.5, 0.6) is 0 Å². The second-order valence-electron chi connectivity index (χ2n) is 6.81. The average molecular weight is 359 g/mol. The molecule has 1 heterocycles. The van der Waals surface area contributed by atoms with Gasteiger partial charge >= 0.3 is 0 Å². The second-order valence-corrected chi connectivity index (χ2v) is 6.81. The third-order valence-electron chi connectivity index (χ3n) is 4.16. The van der Waals surface area contributed by atoms with Gasteiger partial charge in [-0.2, -0.15) is 0 Å². The predicted octanol–water partition coefficient (Wildman–Crippen LogP) is 7.62. The Bertz CT molecular complexity index is 620. The Balaban J connectivity index is 0.000000663. The Morgan fingerprint density at radius 1 is 1.00 bits per heavy atom. The van der Waals surface area contributed by atoms with Crippen LogP contribution in [0.3, 0.4) is 0 Å². The number of H-pyrrole nitrogens is 1. The van der Waals surface area contributed by atoms with Crippen LogP contribution in [0.25, 0.3) is 16.6 Å². The maximum absolute atomic E-state index is 4.10. The zero-order chi connectivity index (χ0) is 19.9. The van der Waals surface area contributed by atoms with Crippen molar-refractivity contribution < 1.29 is 0 Å². The van der Waals surface area contributed by atoms with E-state index in [9.17, 15) is 0 Å². The second kappa shape index (κ2) is 14.5. The van der Waals surface area contributed by atoms with E-state index in [-0.39, 0.29) is 0 Å². The number of aromatic amines is 1. The van der Waals surface area contributed by atoms with E-state index in [1.807, 2.05) is 0 Å². The van der Waals surface area contributed by atoms with E-state index in [1.54, 1.807) is 0 Å². The largest absolute Gasteiger partial charge is 0.385 e. The van der Waals surface area contributed by atoms with Crippen molar-refractivity contribution >= 4 is 16.6 Å². The fraction of sp³-hybridized carbons (Fsp3) is 0.583. The molecule has 1 aromatic heterocycles. The molecule has 0 aliphatic heterocycles. The van der Waals surface area contributed by atoms with Gasteiger partial charge in [-0.25, -0.2) is 0 Å². The number of fused-ring (bicyclic) bond motifs is 1. The first-order valence-corrected chi connectivity index (χ1v) is 10.5. The molecule has 0 bridgehead atoms. The third-order valence-corrected chi connectivity index (χ3v) is 4.16. The molecule has 2 nitrogen and oxygen atoms in total. The van der Waals surface area contributed by atoms with Crippen LogP contribution < -0.4 is 5.32 Å². The molecule has 0 aliphatic carbocycles. The summed E-state index contributed by atoms with van der Waals surface area (Å²) in [5, 5.41) is 4.66. The molecule has 2 aromatic rings. The van der Waals surface area contributed by atoms with Crippen molar-refractivity contribution in [3.63, 3.8) is 0 Å². The van der Waals surface area contributed by atoms with Gasteiger partial charge in [0, 0.05) is 28.8 Å². The summed E-state index contributed by atoms with van der Waals surface area (Å²) in [5.74, 6) is 0. The molecule has 1 aromatic carbocycles. The lowest BCUT2D eigenvalue weighted by Crippen LogP contribution is -2.11. The van der Waals surface area contributed by atoms with Gasteiger partial charge in [-0.3, -0.25) is 0 Å². The molecule has 0 saturated carbocycles. The minimum absolute atomic E-state index is 0.975. The molecule has 0 saturated heterocycles. The zero-order valence-electron chi connectivity index (χ0n) is 18.4. The van der Waals surface area contributed by atoms with E-state index in [2.05, 4.69) is 83.5 Å². The first kappa shape index (κ1) is 24.3. The fourth-order valence-corrected chi connectivity index (χ4v) is 2.66. The third kappa shape index (κ3) is 8.12. The van der Waals surface area contributed by atoms with Crippen LogP contribution in [0.1, 0.15) is 90.5 Å². The van der Waals surface area contributed by atoms with E-state index in [0.717, 1.165) is 25.1 Å². The Morgan fingerprint density at radius 3 is 2.08 bits per heavy atom. The summed E-state index contributed by atoms with van der Waals surface area (Å²) in [5.41, 5.74) is 6.10. The number of benzene rings is 1. The van der Waals surface area contributed by atoms with Crippen molar-refractivity contribution in [2.24, 2.45) is 0 Å². The standard InChI is InChI=1S/C16H22N2.C5H12.C3H8/c1-5-9-17-12(4)13-7-8-16-14(10-13)11(3)15(6-2)18-16;1-3-5-4-2;1-3-2/h7-8,10,17-18H,4-6,9H2,1-3H3;3-5H2,1-2H3;3H2,1-2H3. The van der Waals surface area contributed by atoms with Gasteiger partial charge in [0.05, 0.1) is 0 Å². The number of aromatic nitrogens is 1. The Labute approximate surface area is 162 Å². The van der Waals surface area contributed by atoms with Crippen molar-refractivity contribution in [2.75, 3.05) is 6.54 Å². The molecule has 26 heavy (non-hydrogen) atoms. The van der Waals surface area contributed by atoms with Gasteiger partial charge in [0.15, 0.2) is 0 Å². The van der Waals surface area contributed by atoms with Gasteiger partial charge in [-0.15, -0.1) is 0 Å². The lowest BCUT2D eigenvalue weighted by molar-refractivity contribution is 0.772. The number of aryl methyl sites for hydroxylation is 2. The predicted molar refractivity (Wildman–Crippen MR) is 121 cm³/mol. The van der Waals surface area contributed by atoms with Crippen LogP contribution in [0, 0.1) is 6.92 Å². The molecule has 0 radical (unpaired) electrons. The normalized spacial score (nSPS) is 9.81. The van der Waals surface area contributed by atoms with Crippen molar-refractivity contribution in [1.29, 1.82) is 0 Å². The van der Waals surface area contributed by atoms with Crippen LogP contribution in [0.4, 0.5) is 0 Å². The topological polar surface area (TPSA) is 27.8 Å². The highest BCUT2D eigenvalue weighted by atomic mass is 14.9. The molecule has 0 amide bonds. The van der Waals surface area contributed by atoms with Gasteiger partial charge in [0.25, 0.3) is 0 Å². The van der Waals surface area contributed by atoms with Gasteiger partial charge in [-0.05, 0) is 43.0 Å². The number of nitrogens with one attached hydrogen (secondary N) is 2. The van der Waals surface area contributed by atoms with Crippen LogP contribution in [0.2, 0.25) is 0 Å². The monoisotopic (exact) mass is 358 g/mol. The van der Waals surface area contributed by atoms with Gasteiger partial charge in [0.2, 0.25) is 0 Å². The summed E-state index contributed by atoms with van der Waals surface area (Å²) in [6.07, 6.45) is 7.49. The Hall–Kier alpha value is -1.70. The molecule has 148 valence electrons. The lowest BCUT2D eigenvalue weighted by Gasteiger charge is -2.08. The number of hydrogen-bond acceptors (Lipinski definition) is 1. The highest BCUT2D eigenvalue weighted by Crippen LogP contribution is 2.25. The van der Waals surface area contributed by atoms with E-state index < -0.39 is 0 Å². The number of hydrogen-bond donors (Lipinski definition) is 2. The van der Waals surface area contributed by atoms with Crippen LogP contribution in [-0.2, 0) is 6.42 Å². The highest BCUT2D eigenvalue weighted by molar-refractivity contribution is 5.87. The first-order chi connectivity index (χ1) is 12.5. The van der Waals surface area contributed by atoms with Gasteiger partial charge < -0.3 is 10.3 Å². The SMILES string of the molecule is C=C(NCCC)c1ccc2[nH]c(CC)c(C)c2c1.CCC.CCCCC. The molecule has 0 aliphatic rings. The maximum Gasteiger partial charge on any atom is 0.0459 e. The average Bonchev–Trinajstić information content (AvgIpc) is 2.97. The van der Waals surface area contributed by atoms with Gasteiger partial charge in [-0.1, -0.05) is 79.9 Å². The van der Waals surface area contributed by atoms with E-state index in [0.29, 0.717) is 0 Å². The summed E-state index contributed by atoms with van der Waals surface area (Å²) in [6.45, 7) is 20.3. The lowest BCUT2D eigenvalue weighted by atomic mass is 10.1. The molecule has 2 heteroatoms. The molecule has 0 unspecified atom stereocenters. The fourth-order valence-electron chi connectivity index (χ4n) is 2.66. The van der Waals surface area contributed by atoms with Crippen LogP contribution >= 0.6 is 0 Å². The van der Waals surface area contributed by atoms with Crippen molar-refractivity contribution in [2.45, 2.75) is 87.0 Å². The van der Waals surface area contributed by atoms with E-state index in [1.165, 1.54) is 53.4 Å². The number of unbranched alkanes of at least 4 members (excludes halogenated alkanes) is 2. The van der Waals surface area contributed by atoms with Gasteiger partial charge in [0.1, 0.15) is 0 Å². The molecule has 2 N–H and O–H groups in total. The van der Waals surface area contributed by atoms with E-state index >= 15 is 0 Å². The van der Waals surface area contributed by atoms with E-state index in [4.69, 9.17) is 0 Å². The molecule has 0 spiro atoms. The minimum Gasteiger partial charge on any atom is -0.385 e. The summed E-state index contributed by atoms with van der Waals surface area (Å²) >= 11 is 0. The molecule has 2 rings (SSSR count). The molecule has 0 fully saturated rings. The van der Waals surface area contributed by atoms with Crippen molar-refractivity contribution in [1.82, 2.24) is 10.3 Å². The first-order valence-electron chi connectivity index (χ1n) is 10.5. The minimum atomic E-state index is 0.975. The Kier molecular flexibility index (Phi) is 13.5. The highest BCUT2D eigenvalue weighted by Gasteiger charge is 2.07. The van der Waals surface area contributed by atoms with Crippen LogP contribution in [0.15, 0.2) is 24.8 Å².